The average molecular weight is 691 g/mol. The summed E-state index contributed by atoms with van der Waals surface area (Å²) in [5.74, 6) is -2.48. The Morgan fingerprint density at radius 2 is 1.58 bits per heavy atom. The van der Waals surface area contributed by atoms with Gasteiger partial charge in [-0.15, -0.1) is 0 Å². The minimum Gasteiger partial charge on any atom is -0.506 e. The number of likely N-dealkylation sites (tertiary alicyclic amines) is 2. The summed E-state index contributed by atoms with van der Waals surface area (Å²) < 4.78 is 41.1. The number of hydrogen-bond acceptors (Lipinski definition) is 6. The highest BCUT2D eigenvalue weighted by Crippen LogP contribution is 2.41. The molecule has 48 heavy (non-hydrogen) atoms. The largest absolute Gasteiger partial charge is 0.506 e. The molecule has 1 atom stereocenters. The Labute approximate surface area is 283 Å². The zero-order valence-corrected chi connectivity index (χ0v) is 27.5. The first-order valence-electron chi connectivity index (χ1n) is 16.7. The topological polar surface area (TPSA) is 108 Å². The lowest BCUT2D eigenvalue weighted by Crippen LogP contribution is -2.53. The number of urea groups is 1. The van der Waals surface area contributed by atoms with Gasteiger partial charge in [-0.2, -0.15) is 13.2 Å². The zero-order valence-electron chi connectivity index (χ0n) is 26.8. The van der Waals surface area contributed by atoms with E-state index in [4.69, 9.17) is 11.6 Å². The van der Waals surface area contributed by atoms with Gasteiger partial charge in [0.05, 0.1) is 16.5 Å². The third kappa shape index (κ3) is 7.68. The number of rotatable bonds is 7. The van der Waals surface area contributed by atoms with Crippen molar-refractivity contribution >= 4 is 35.1 Å². The first-order valence-corrected chi connectivity index (χ1v) is 17.1. The minimum atomic E-state index is -4.84. The molecule has 14 heteroatoms. The monoisotopic (exact) mass is 690 g/mol. The first kappa shape index (κ1) is 34.3. The molecule has 2 aromatic rings. The molecule has 4 aliphatic rings. The summed E-state index contributed by atoms with van der Waals surface area (Å²) >= 11 is 6.01. The summed E-state index contributed by atoms with van der Waals surface area (Å²) in [7, 11) is 0. The molecular weight excluding hydrogens is 649 g/mol. The summed E-state index contributed by atoms with van der Waals surface area (Å²) in [6.07, 6.45) is -2.42. The lowest BCUT2D eigenvalue weighted by Gasteiger charge is -2.42. The SMILES string of the molecule is O=C(C[C@H](Cc1cc(Cl)c(O)c(C(F)(F)F)c1)C(=O)N1CCC(N2CCNCC2)CC1)N1CCC(N2Cc3ccccc3NC2=O)CC1. The van der Waals surface area contributed by atoms with Gasteiger partial charge >= 0.3 is 12.2 Å². The minimum absolute atomic E-state index is 0.0586. The van der Waals surface area contributed by atoms with Crippen LogP contribution in [0.15, 0.2) is 36.4 Å². The Hall–Kier alpha value is -3.55. The second-order valence-electron chi connectivity index (χ2n) is 13.2. The fourth-order valence-corrected chi connectivity index (χ4v) is 7.80. The molecule has 0 saturated carbocycles. The van der Waals surface area contributed by atoms with Gasteiger partial charge in [-0.3, -0.25) is 14.5 Å². The highest BCUT2D eigenvalue weighted by molar-refractivity contribution is 6.32. The number of phenolic OH excluding ortho intramolecular Hbond substituents is 1. The van der Waals surface area contributed by atoms with Crippen molar-refractivity contribution in [2.75, 3.05) is 57.7 Å². The first-order chi connectivity index (χ1) is 23.0. The van der Waals surface area contributed by atoms with E-state index < -0.39 is 28.4 Å². The molecule has 6 rings (SSSR count). The highest BCUT2D eigenvalue weighted by Gasteiger charge is 2.38. The summed E-state index contributed by atoms with van der Waals surface area (Å²) in [4.78, 5) is 48.2. The van der Waals surface area contributed by atoms with Gasteiger partial charge in [0.1, 0.15) is 5.75 Å². The van der Waals surface area contributed by atoms with Crippen LogP contribution in [-0.4, -0.2) is 107 Å². The molecule has 0 aromatic heterocycles. The molecule has 2 aromatic carbocycles. The van der Waals surface area contributed by atoms with Crippen LogP contribution in [0.5, 0.6) is 5.75 Å². The number of halogens is 4. The summed E-state index contributed by atoms with van der Waals surface area (Å²) in [5, 5.41) is 15.8. The number of fused-ring (bicyclic) bond motifs is 1. The lowest BCUT2D eigenvalue weighted by atomic mass is 9.91. The van der Waals surface area contributed by atoms with Crippen molar-refractivity contribution in [2.24, 2.45) is 5.92 Å². The van der Waals surface area contributed by atoms with Crippen LogP contribution in [0, 0.1) is 5.92 Å². The van der Waals surface area contributed by atoms with Gasteiger partial charge in [-0.25, -0.2) is 4.79 Å². The normalized spacial score (nSPS) is 20.8. The van der Waals surface area contributed by atoms with E-state index in [0.717, 1.165) is 56.3 Å². The number of aromatic hydroxyl groups is 1. The molecule has 0 spiro atoms. The highest BCUT2D eigenvalue weighted by atomic mass is 35.5. The van der Waals surface area contributed by atoms with E-state index in [1.54, 1.807) is 14.7 Å². The summed E-state index contributed by atoms with van der Waals surface area (Å²) in [6, 6.07) is 9.83. The van der Waals surface area contributed by atoms with Crippen LogP contribution in [0.2, 0.25) is 5.02 Å². The molecule has 0 aliphatic carbocycles. The molecule has 4 amide bonds. The third-order valence-corrected chi connectivity index (χ3v) is 10.5. The molecule has 0 unspecified atom stereocenters. The number of carbonyl (C=O) groups excluding carboxylic acids is 3. The molecular formula is C34H42ClF3N6O4. The molecule has 260 valence electrons. The number of hydrogen-bond donors (Lipinski definition) is 3. The number of nitrogens with one attached hydrogen (secondary N) is 2. The molecule has 3 N–H and O–H groups in total. The fraction of sp³-hybridized carbons (Fsp3) is 0.559. The van der Waals surface area contributed by atoms with Crippen LogP contribution in [0.1, 0.15) is 48.8 Å². The van der Waals surface area contributed by atoms with Gasteiger partial charge in [0.25, 0.3) is 0 Å². The van der Waals surface area contributed by atoms with Crippen LogP contribution < -0.4 is 10.6 Å². The Balaban J connectivity index is 1.13. The van der Waals surface area contributed by atoms with E-state index in [9.17, 15) is 32.7 Å². The van der Waals surface area contributed by atoms with Gasteiger partial charge in [0.2, 0.25) is 11.8 Å². The van der Waals surface area contributed by atoms with E-state index in [1.165, 1.54) is 6.07 Å². The van der Waals surface area contributed by atoms with Crippen LogP contribution >= 0.6 is 11.6 Å². The predicted octanol–water partition coefficient (Wildman–Crippen LogP) is 4.55. The molecule has 0 bridgehead atoms. The predicted molar refractivity (Wildman–Crippen MR) is 175 cm³/mol. The quantitative estimate of drug-likeness (QED) is 0.394. The number of benzene rings is 2. The number of piperazine rings is 1. The molecule has 4 heterocycles. The zero-order chi connectivity index (χ0) is 34.0. The molecule has 0 radical (unpaired) electrons. The van der Waals surface area contributed by atoms with Crippen LogP contribution in [0.3, 0.4) is 0 Å². The molecule has 10 nitrogen and oxygen atoms in total. The Bertz CT molecular complexity index is 1500. The lowest BCUT2D eigenvalue weighted by molar-refractivity contribution is -0.143. The number of para-hydroxylation sites is 1. The van der Waals surface area contributed by atoms with E-state index in [1.807, 2.05) is 24.3 Å². The number of amides is 4. The van der Waals surface area contributed by atoms with Gasteiger partial charge < -0.3 is 30.4 Å². The summed E-state index contributed by atoms with van der Waals surface area (Å²) in [6.45, 7) is 6.05. The second-order valence-corrected chi connectivity index (χ2v) is 13.7. The maximum atomic E-state index is 14.0. The standard InChI is InChI=1S/C34H42ClF3N6O4/c35-28-19-22(18-27(31(28)46)34(36,37)38)17-24(32(47)43-13-5-25(6-14-43)41-15-9-39-10-16-41)20-30(45)42-11-7-26(8-12-42)44-21-23-3-1-2-4-29(23)40-33(44)48/h1-4,18-19,24-26,39,46H,5-17,20-21H2,(H,40,48)/t24-/m0/s1. The van der Waals surface area contributed by atoms with Crippen molar-refractivity contribution < 1.29 is 32.7 Å². The Morgan fingerprint density at radius 3 is 2.27 bits per heavy atom. The second kappa shape index (κ2) is 14.5. The Morgan fingerprint density at radius 1 is 0.938 bits per heavy atom. The van der Waals surface area contributed by atoms with Crippen molar-refractivity contribution in [2.45, 2.75) is 63.3 Å². The number of carbonyl (C=O) groups is 3. The van der Waals surface area contributed by atoms with E-state index in [2.05, 4.69) is 15.5 Å². The van der Waals surface area contributed by atoms with E-state index in [-0.39, 0.29) is 42.3 Å². The number of anilines is 1. The van der Waals surface area contributed by atoms with Crippen molar-refractivity contribution in [3.05, 3.63) is 58.1 Å². The number of phenols is 1. The van der Waals surface area contributed by atoms with Crippen molar-refractivity contribution in [3.8, 4) is 5.75 Å². The molecule has 4 aliphatic heterocycles. The number of nitrogens with zero attached hydrogens (tertiary/aromatic N) is 4. The average Bonchev–Trinajstić information content (AvgIpc) is 3.09. The van der Waals surface area contributed by atoms with Crippen LogP contribution in [0.25, 0.3) is 0 Å². The van der Waals surface area contributed by atoms with Crippen molar-refractivity contribution in [1.29, 1.82) is 0 Å². The van der Waals surface area contributed by atoms with Gasteiger partial charge in [-0.1, -0.05) is 29.8 Å². The maximum Gasteiger partial charge on any atom is 0.420 e. The third-order valence-electron chi connectivity index (χ3n) is 10.2. The summed E-state index contributed by atoms with van der Waals surface area (Å²) in [5.41, 5.74) is 0.678. The van der Waals surface area contributed by atoms with Gasteiger partial charge in [0.15, 0.2) is 0 Å². The number of alkyl halides is 3. The van der Waals surface area contributed by atoms with E-state index in [0.29, 0.717) is 51.6 Å². The smallest absolute Gasteiger partial charge is 0.420 e. The van der Waals surface area contributed by atoms with Crippen molar-refractivity contribution in [3.63, 3.8) is 0 Å². The van der Waals surface area contributed by atoms with E-state index >= 15 is 0 Å². The maximum absolute atomic E-state index is 14.0. The van der Waals surface area contributed by atoms with Crippen molar-refractivity contribution in [1.82, 2.24) is 24.9 Å². The van der Waals surface area contributed by atoms with Crippen LogP contribution in [0.4, 0.5) is 23.7 Å². The Kier molecular flexibility index (Phi) is 10.4. The number of piperidine rings is 2. The van der Waals surface area contributed by atoms with Gasteiger partial charge in [-0.05, 0) is 61.4 Å². The van der Waals surface area contributed by atoms with Gasteiger partial charge in [0, 0.05) is 83.1 Å². The van der Waals surface area contributed by atoms with Crippen LogP contribution in [-0.2, 0) is 28.7 Å². The molecule has 3 fully saturated rings. The molecule has 3 saturated heterocycles. The fourth-order valence-electron chi connectivity index (χ4n) is 7.56.